The Morgan fingerprint density at radius 3 is 2.91 bits per heavy atom. The molecule has 0 amide bonds. The maximum Gasteiger partial charge on any atom is 0.0832 e. The average Bonchev–Trinajstić information content (AvgIpc) is 2.97. The molecule has 6 nitrogen and oxygen atoms in total. The van der Waals surface area contributed by atoms with Gasteiger partial charge >= 0.3 is 0 Å². The highest BCUT2D eigenvalue weighted by molar-refractivity contribution is 5.44. The van der Waals surface area contributed by atoms with E-state index in [9.17, 15) is 0 Å². The second kappa shape index (κ2) is 6.89. The van der Waals surface area contributed by atoms with Crippen LogP contribution in [0.15, 0.2) is 30.5 Å². The van der Waals surface area contributed by atoms with Crippen LogP contribution in [0.2, 0.25) is 0 Å². The third-order valence-electron chi connectivity index (χ3n) is 4.06. The Labute approximate surface area is 131 Å². The number of benzene rings is 1. The Balaban J connectivity index is 1.50. The number of nitrogen functional groups attached to an aromatic ring is 1. The molecule has 1 atom stereocenters. The smallest absolute Gasteiger partial charge is 0.0832 e. The fourth-order valence-corrected chi connectivity index (χ4v) is 2.87. The van der Waals surface area contributed by atoms with Gasteiger partial charge in [-0.15, -0.1) is 5.10 Å². The van der Waals surface area contributed by atoms with Gasteiger partial charge in [0.25, 0.3) is 0 Å². The minimum atomic E-state index is 0.597. The van der Waals surface area contributed by atoms with Gasteiger partial charge in [-0.3, -0.25) is 0 Å². The van der Waals surface area contributed by atoms with Crippen molar-refractivity contribution in [3.63, 3.8) is 0 Å². The SMILES string of the molecule is CC1CN(CCCc2cn(-c3ccc(N)cc3)nn2)CCN1. The Morgan fingerprint density at radius 2 is 2.14 bits per heavy atom. The van der Waals surface area contributed by atoms with E-state index in [0.717, 1.165) is 56.1 Å². The van der Waals surface area contributed by atoms with Crippen LogP contribution >= 0.6 is 0 Å². The van der Waals surface area contributed by atoms with Gasteiger partial charge in [-0.05, 0) is 50.6 Å². The van der Waals surface area contributed by atoms with Crippen LogP contribution in [0.25, 0.3) is 5.69 Å². The summed E-state index contributed by atoms with van der Waals surface area (Å²) in [7, 11) is 0. The van der Waals surface area contributed by atoms with Crippen LogP contribution in [0.5, 0.6) is 0 Å². The summed E-state index contributed by atoms with van der Waals surface area (Å²) in [6.45, 7) is 6.74. The topological polar surface area (TPSA) is 72.0 Å². The molecule has 1 aromatic carbocycles. The third kappa shape index (κ3) is 3.84. The molecule has 0 saturated carbocycles. The van der Waals surface area contributed by atoms with Gasteiger partial charge in [0, 0.05) is 31.4 Å². The Kier molecular flexibility index (Phi) is 4.70. The highest BCUT2D eigenvalue weighted by Crippen LogP contribution is 2.11. The van der Waals surface area contributed by atoms with Crippen LogP contribution in [0, 0.1) is 0 Å². The molecule has 1 saturated heterocycles. The largest absolute Gasteiger partial charge is 0.399 e. The van der Waals surface area contributed by atoms with Crippen LogP contribution in [0.3, 0.4) is 0 Å². The van der Waals surface area contributed by atoms with E-state index in [2.05, 4.69) is 27.5 Å². The molecule has 118 valence electrons. The van der Waals surface area contributed by atoms with E-state index in [1.54, 1.807) is 0 Å². The first-order valence-electron chi connectivity index (χ1n) is 7.93. The predicted molar refractivity (Wildman–Crippen MR) is 88.0 cm³/mol. The van der Waals surface area contributed by atoms with Gasteiger partial charge < -0.3 is 16.0 Å². The lowest BCUT2D eigenvalue weighted by atomic mass is 10.2. The van der Waals surface area contributed by atoms with Gasteiger partial charge in [-0.25, -0.2) is 4.68 Å². The van der Waals surface area contributed by atoms with Gasteiger partial charge in [0.05, 0.1) is 17.6 Å². The van der Waals surface area contributed by atoms with E-state index >= 15 is 0 Å². The van der Waals surface area contributed by atoms with Crippen molar-refractivity contribution in [3.8, 4) is 5.69 Å². The highest BCUT2D eigenvalue weighted by Gasteiger charge is 2.14. The zero-order chi connectivity index (χ0) is 15.4. The molecule has 0 bridgehead atoms. The molecule has 3 rings (SSSR count). The van der Waals surface area contributed by atoms with Crippen molar-refractivity contribution in [1.29, 1.82) is 0 Å². The number of piperazine rings is 1. The maximum atomic E-state index is 5.70. The molecule has 0 radical (unpaired) electrons. The lowest BCUT2D eigenvalue weighted by molar-refractivity contribution is 0.205. The number of aryl methyl sites for hydroxylation is 1. The van der Waals surface area contributed by atoms with Crippen LogP contribution in [-0.4, -0.2) is 52.1 Å². The molecule has 2 aromatic rings. The summed E-state index contributed by atoms with van der Waals surface area (Å²) in [4.78, 5) is 2.52. The van der Waals surface area contributed by atoms with Crippen molar-refractivity contribution in [1.82, 2.24) is 25.2 Å². The first-order valence-corrected chi connectivity index (χ1v) is 7.93. The number of hydrogen-bond donors (Lipinski definition) is 2. The van der Waals surface area contributed by atoms with Crippen molar-refractivity contribution in [2.75, 3.05) is 31.9 Å². The number of anilines is 1. The van der Waals surface area contributed by atoms with E-state index in [4.69, 9.17) is 5.73 Å². The minimum Gasteiger partial charge on any atom is -0.399 e. The highest BCUT2D eigenvalue weighted by atomic mass is 15.4. The van der Waals surface area contributed by atoms with E-state index < -0.39 is 0 Å². The zero-order valence-electron chi connectivity index (χ0n) is 13.1. The second-order valence-electron chi connectivity index (χ2n) is 6.01. The van der Waals surface area contributed by atoms with Crippen molar-refractivity contribution >= 4 is 5.69 Å². The van der Waals surface area contributed by atoms with Crippen molar-refractivity contribution in [2.45, 2.75) is 25.8 Å². The van der Waals surface area contributed by atoms with Crippen LogP contribution < -0.4 is 11.1 Å². The molecular formula is C16H24N6. The molecule has 0 aliphatic carbocycles. The fraction of sp³-hybridized carbons (Fsp3) is 0.500. The number of nitrogens with one attached hydrogen (secondary N) is 1. The Bertz CT molecular complexity index is 591. The Morgan fingerprint density at radius 1 is 1.32 bits per heavy atom. The summed E-state index contributed by atoms with van der Waals surface area (Å²) in [5, 5.41) is 11.9. The summed E-state index contributed by atoms with van der Waals surface area (Å²) < 4.78 is 1.81. The van der Waals surface area contributed by atoms with Gasteiger partial charge in [0.2, 0.25) is 0 Å². The molecule has 1 fully saturated rings. The Hall–Kier alpha value is -1.92. The average molecular weight is 300 g/mol. The number of nitrogens with zero attached hydrogens (tertiary/aromatic N) is 4. The maximum absolute atomic E-state index is 5.70. The lowest BCUT2D eigenvalue weighted by Gasteiger charge is -2.31. The zero-order valence-corrected chi connectivity index (χ0v) is 13.1. The van der Waals surface area contributed by atoms with Crippen molar-refractivity contribution in [2.24, 2.45) is 0 Å². The number of rotatable bonds is 5. The number of aromatic nitrogens is 3. The van der Waals surface area contributed by atoms with E-state index in [0.29, 0.717) is 6.04 Å². The summed E-state index contributed by atoms with van der Waals surface area (Å²) in [6, 6.07) is 8.26. The lowest BCUT2D eigenvalue weighted by Crippen LogP contribution is -2.49. The standard InChI is InChI=1S/C16H24N6/c1-13-11-21(10-8-18-13)9-2-3-15-12-22(20-19-15)16-6-4-14(17)5-7-16/h4-7,12-13,18H,2-3,8-11,17H2,1H3. The molecular weight excluding hydrogens is 276 g/mol. The van der Waals surface area contributed by atoms with Crippen LogP contribution in [-0.2, 0) is 6.42 Å². The number of nitrogens with two attached hydrogens (primary N) is 1. The van der Waals surface area contributed by atoms with E-state index in [-0.39, 0.29) is 0 Å². The molecule has 1 unspecified atom stereocenters. The first-order chi connectivity index (χ1) is 10.7. The molecule has 1 aromatic heterocycles. The number of hydrogen-bond acceptors (Lipinski definition) is 5. The third-order valence-corrected chi connectivity index (χ3v) is 4.06. The van der Waals surface area contributed by atoms with Crippen LogP contribution in [0.4, 0.5) is 5.69 Å². The van der Waals surface area contributed by atoms with Gasteiger partial charge in [-0.2, -0.15) is 0 Å². The normalized spacial score (nSPS) is 19.4. The van der Waals surface area contributed by atoms with Gasteiger partial charge in [0.1, 0.15) is 0 Å². The molecule has 3 N–H and O–H groups in total. The van der Waals surface area contributed by atoms with E-state index in [1.165, 1.54) is 0 Å². The van der Waals surface area contributed by atoms with Crippen molar-refractivity contribution in [3.05, 3.63) is 36.2 Å². The minimum absolute atomic E-state index is 0.597. The predicted octanol–water partition coefficient (Wildman–Crippen LogP) is 1.08. The van der Waals surface area contributed by atoms with Crippen LogP contribution in [0.1, 0.15) is 19.0 Å². The van der Waals surface area contributed by atoms with Gasteiger partial charge in [-0.1, -0.05) is 5.21 Å². The molecule has 22 heavy (non-hydrogen) atoms. The summed E-state index contributed by atoms with van der Waals surface area (Å²) in [5.74, 6) is 0. The molecule has 1 aliphatic rings. The first kappa shape index (κ1) is 15.0. The monoisotopic (exact) mass is 300 g/mol. The summed E-state index contributed by atoms with van der Waals surface area (Å²) >= 11 is 0. The molecule has 6 heteroatoms. The molecule has 2 heterocycles. The summed E-state index contributed by atoms with van der Waals surface area (Å²) in [6.07, 6.45) is 4.09. The van der Waals surface area contributed by atoms with Crippen molar-refractivity contribution < 1.29 is 0 Å². The quantitative estimate of drug-likeness (QED) is 0.808. The van der Waals surface area contributed by atoms with Gasteiger partial charge in [0.15, 0.2) is 0 Å². The second-order valence-corrected chi connectivity index (χ2v) is 6.01. The fourth-order valence-electron chi connectivity index (χ4n) is 2.87. The van der Waals surface area contributed by atoms with E-state index in [1.807, 2.05) is 35.1 Å². The molecule has 1 aliphatic heterocycles. The summed E-state index contributed by atoms with van der Waals surface area (Å²) in [5.41, 5.74) is 8.49. The molecule has 0 spiro atoms.